The first-order valence-electron chi connectivity index (χ1n) is 22.5. The second-order valence-electron chi connectivity index (χ2n) is 16.1. The summed E-state index contributed by atoms with van der Waals surface area (Å²) in [5.41, 5.74) is 0. The molecule has 0 spiro atoms. The minimum Gasteiger partial charge on any atom is -0.465 e. The number of sulfonamides is 1. The zero-order chi connectivity index (χ0) is 37.8. The molecule has 0 amide bonds. The van der Waals surface area contributed by atoms with Crippen LogP contribution in [0.25, 0.3) is 0 Å². The molecule has 0 aliphatic rings. The third kappa shape index (κ3) is 31.4. The number of nitrogens with zero attached hydrogens (tertiary/aromatic N) is 2. The van der Waals surface area contributed by atoms with E-state index in [1.807, 2.05) is 14.1 Å². The topological polar surface area (TPSA) is 66.9 Å². The predicted molar refractivity (Wildman–Crippen MR) is 223 cm³/mol. The van der Waals surface area contributed by atoms with Gasteiger partial charge >= 0.3 is 5.97 Å². The van der Waals surface area contributed by atoms with Crippen LogP contribution in [0, 0.1) is 5.92 Å². The standard InChI is InChI=1S/C44H90N2O4S/c1-7-11-15-19-22-23-25-28-32-39-51(48,49)46(38-33-37-45(5)6)43(36-31-27-24-20-16-12-8-2)40-44(47)50-41-42(34-29-18-14-10-4)35-30-26-21-17-13-9-3/h42-43H,7-41H2,1-6H3. The Hall–Kier alpha value is -0.660. The Balaban J connectivity index is 5.56. The molecule has 0 saturated heterocycles. The third-order valence-electron chi connectivity index (χ3n) is 10.7. The van der Waals surface area contributed by atoms with E-state index in [-0.39, 0.29) is 24.2 Å². The summed E-state index contributed by atoms with van der Waals surface area (Å²) in [6.45, 7) is 10.8. The largest absolute Gasteiger partial charge is 0.465 e. The van der Waals surface area contributed by atoms with Crippen molar-refractivity contribution in [2.24, 2.45) is 5.92 Å². The van der Waals surface area contributed by atoms with Crippen molar-refractivity contribution in [3.05, 3.63) is 0 Å². The summed E-state index contributed by atoms with van der Waals surface area (Å²) in [6, 6.07) is -0.319. The first-order valence-corrected chi connectivity index (χ1v) is 24.1. The molecule has 0 aliphatic carbocycles. The van der Waals surface area contributed by atoms with Gasteiger partial charge in [0.1, 0.15) is 0 Å². The molecule has 0 radical (unpaired) electrons. The molecule has 0 fully saturated rings. The smallest absolute Gasteiger partial charge is 0.307 e. The van der Waals surface area contributed by atoms with Gasteiger partial charge in [-0.3, -0.25) is 4.79 Å². The second kappa shape index (κ2) is 36.3. The Bertz CT molecular complexity index is 850. The molecule has 0 saturated carbocycles. The van der Waals surface area contributed by atoms with E-state index in [4.69, 9.17) is 4.74 Å². The van der Waals surface area contributed by atoms with Crippen molar-refractivity contribution in [1.29, 1.82) is 0 Å². The van der Waals surface area contributed by atoms with Gasteiger partial charge in [0.05, 0.1) is 18.8 Å². The van der Waals surface area contributed by atoms with Crippen LogP contribution in [0.1, 0.15) is 227 Å². The number of rotatable bonds is 40. The second-order valence-corrected chi connectivity index (χ2v) is 18.2. The van der Waals surface area contributed by atoms with Gasteiger partial charge < -0.3 is 9.64 Å². The average Bonchev–Trinajstić information content (AvgIpc) is 3.10. The van der Waals surface area contributed by atoms with Crippen LogP contribution >= 0.6 is 0 Å². The van der Waals surface area contributed by atoms with Crippen molar-refractivity contribution in [3.63, 3.8) is 0 Å². The molecule has 6 nitrogen and oxygen atoms in total. The Morgan fingerprint density at radius 3 is 1.35 bits per heavy atom. The third-order valence-corrected chi connectivity index (χ3v) is 12.7. The highest BCUT2D eigenvalue weighted by atomic mass is 32.2. The molecule has 0 aliphatic heterocycles. The van der Waals surface area contributed by atoms with Crippen molar-refractivity contribution in [2.45, 2.75) is 233 Å². The molecule has 2 unspecified atom stereocenters. The van der Waals surface area contributed by atoms with Crippen molar-refractivity contribution >= 4 is 16.0 Å². The quantitative estimate of drug-likeness (QED) is 0.0462. The van der Waals surface area contributed by atoms with Crippen LogP contribution in [-0.4, -0.2) is 69.2 Å². The molecule has 0 bridgehead atoms. The molecular formula is C44H90N2O4S. The number of ether oxygens (including phenoxy) is 1. The molecule has 0 heterocycles. The van der Waals surface area contributed by atoms with Crippen LogP contribution in [0.5, 0.6) is 0 Å². The van der Waals surface area contributed by atoms with Gasteiger partial charge in [0.25, 0.3) is 0 Å². The monoisotopic (exact) mass is 743 g/mol. The molecule has 0 aromatic heterocycles. The lowest BCUT2D eigenvalue weighted by Crippen LogP contribution is -2.44. The highest BCUT2D eigenvalue weighted by molar-refractivity contribution is 7.89. The van der Waals surface area contributed by atoms with Gasteiger partial charge in [-0.2, -0.15) is 4.31 Å². The van der Waals surface area contributed by atoms with Crippen LogP contribution < -0.4 is 0 Å². The fourth-order valence-electron chi connectivity index (χ4n) is 7.34. The van der Waals surface area contributed by atoms with E-state index < -0.39 is 10.0 Å². The van der Waals surface area contributed by atoms with Gasteiger partial charge in [0.15, 0.2) is 0 Å². The lowest BCUT2D eigenvalue weighted by atomic mass is 9.95. The number of esters is 1. The fraction of sp³-hybridized carbons (Fsp3) is 0.977. The maximum Gasteiger partial charge on any atom is 0.307 e. The number of hydrogen-bond acceptors (Lipinski definition) is 5. The minimum absolute atomic E-state index is 0.175. The summed E-state index contributed by atoms with van der Waals surface area (Å²) >= 11 is 0. The SMILES string of the molecule is CCCCCCCCCCCS(=O)(=O)N(CCCN(C)C)C(CCCCCCCCC)CC(=O)OCC(CCCCCC)CCCCCCCC. The molecule has 2 atom stereocenters. The van der Waals surface area contributed by atoms with E-state index in [1.54, 1.807) is 4.31 Å². The van der Waals surface area contributed by atoms with Crippen molar-refractivity contribution in [2.75, 3.05) is 39.5 Å². The molecule has 306 valence electrons. The lowest BCUT2D eigenvalue weighted by Gasteiger charge is -2.31. The van der Waals surface area contributed by atoms with Crippen LogP contribution in [-0.2, 0) is 19.6 Å². The number of carbonyl (C=O) groups excluding carboxylic acids is 1. The highest BCUT2D eigenvalue weighted by Crippen LogP contribution is 2.24. The number of unbranched alkanes of at least 4 members (excludes halogenated alkanes) is 22. The van der Waals surface area contributed by atoms with E-state index >= 15 is 0 Å². The summed E-state index contributed by atoms with van der Waals surface area (Å²) in [6.07, 6.45) is 35.2. The lowest BCUT2D eigenvalue weighted by molar-refractivity contribution is -0.146. The fourth-order valence-corrected chi connectivity index (χ4v) is 9.18. The predicted octanol–water partition coefficient (Wildman–Crippen LogP) is 12.9. The zero-order valence-corrected chi connectivity index (χ0v) is 36.2. The Morgan fingerprint density at radius 1 is 0.510 bits per heavy atom. The number of hydrogen-bond donors (Lipinski definition) is 0. The summed E-state index contributed by atoms with van der Waals surface area (Å²) in [4.78, 5) is 15.7. The summed E-state index contributed by atoms with van der Waals surface area (Å²) in [7, 11) is 0.592. The van der Waals surface area contributed by atoms with Gasteiger partial charge in [0, 0.05) is 12.6 Å². The van der Waals surface area contributed by atoms with Gasteiger partial charge in [-0.05, 0) is 58.7 Å². The van der Waals surface area contributed by atoms with Gasteiger partial charge in [-0.25, -0.2) is 8.42 Å². The van der Waals surface area contributed by atoms with E-state index in [0.29, 0.717) is 25.5 Å². The van der Waals surface area contributed by atoms with Gasteiger partial charge in [0.2, 0.25) is 10.0 Å². The molecule has 0 rings (SSSR count). The Labute approximate surface area is 320 Å². The molecule has 0 aromatic carbocycles. The van der Waals surface area contributed by atoms with E-state index in [9.17, 15) is 13.2 Å². The van der Waals surface area contributed by atoms with Crippen molar-refractivity contribution in [1.82, 2.24) is 9.21 Å². The first-order chi connectivity index (χ1) is 24.7. The minimum atomic E-state index is -3.49. The Kier molecular flexibility index (Phi) is 35.9. The van der Waals surface area contributed by atoms with Crippen LogP contribution in [0.15, 0.2) is 0 Å². The van der Waals surface area contributed by atoms with Crippen molar-refractivity contribution < 1.29 is 17.9 Å². The maximum absolute atomic E-state index is 14.1. The molecule has 0 aromatic rings. The van der Waals surface area contributed by atoms with Crippen LogP contribution in [0.4, 0.5) is 0 Å². The zero-order valence-electron chi connectivity index (χ0n) is 35.3. The highest BCUT2D eigenvalue weighted by Gasteiger charge is 2.31. The molecule has 7 heteroatoms. The van der Waals surface area contributed by atoms with E-state index in [0.717, 1.165) is 57.9 Å². The average molecular weight is 743 g/mol. The van der Waals surface area contributed by atoms with Gasteiger partial charge in [-0.15, -0.1) is 0 Å². The van der Waals surface area contributed by atoms with Crippen molar-refractivity contribution in [3.8, 4) is 0 Å². The van der Waals surface area contributed by atoms with E-state index in [2.05, 4.69) is 32.6 Å². The number of carbonyl (C=O) groups is 1. The van der Waals surface area contributed by atoms with Crippen LogP contribution in [0.3, 0.4) is 0 Å². The summed E-state index contributed by atoms with van der Waals surface area (Å²) < 4.78 is 35.9. The normalized spacial score (nSPS) is 13.3. The molecular weight excluding hydrogens is 653 g/mol. The van der Waals surface area contributed by atoms with Gasteiger partial charge in [-0.1, -0.05) is 188 Å². The Morgan fingerprint density at radius 2 is 0.902 bits per heavy atom. The molecule has 51 heavy (non-hydrogen) atoms. The summed E-state index contributed by atoms with van der Waals surface area (Å²) in [5.74, 6) is 0.385. The first kappa shape index (κ1) is 50.3. The maximum atomic E-state index is 14.1. The summed E-state index contributed by atoms with van der Waals surface area (Å²) in [5, 5.41) is 0. The van der Waals surface area contributed by atoms with Crippen LogP contribution in [0.2, 0.25) is 0 Å². The molecule has 0 N–H and O–H groups in total. The van der Waals surface area contributed by atoms with E-state index in [1.165, 1.54) is 135 Å².